The van der Waals surface area contributed by atoms with E-state index in [1.165, 1.54) is 9.69 Å². The Morgan fingerprint density at radius 2 is 1.66 bits per heavy atom. The predicted molar refractivity (Wildman–Crippen MR) is 133 cm³/mol. The van der Waals surface area contributed by atoms with Crippen LogP contribution in [0.5, 0.6) is 0 Å². The highest BCUT2D eigenvalue weighted by Crippen LogP contribution is 2.40. The fraction of sp³-hybridized carbons (Fsp3) is 0.273. The molecule has 0 saturated carbocycles. The molecular formula is C22H22Cl3N4O5P. The smallest absolute Gasteiger partial charge is 0.301 e. The van der Waals surface area contributed by atoms with Crippen molar-refractivity contribution in [3.63, 3.8) is 0 Å². The van der Waals surface area contributed by atoms with Crippen molar-refractivity contribution in [1.29, 1.82) is 0 Å². The number of nitrogens with zero attached hydrogens (tertiary/aromatic N) is 4. The Bertz CT molecular complexity index is 1290. The Balaban J connectivity index is 1.87. The molecule has 2 N–H and O–H groups in total. The van der Waals surface area contributed by atoms with E-state index in [-0.39, 0.29) is 5.69 Å². The van der Waals surface area contributed by atoms with Crippen molar-refractivity contribution >= 4 is 48.5 Å². The van der Waals surface area contributed by atoms with Crippen LogP contribution in [0.25, 0.3) is 16.9 Å². The largest absolute Gasteiger partial charge is 0.492 e. The summed E-state index contributed by atoms with van der Waals surface area (Å²) < 4.78 is 18.0. The van der Waals surface area contributed by atoms with Crippen LogP contribution in [0.1, 0.15) is 35.3 Å². The van der Waals surface area contributed by atoms with Crippen LogP contribution in [0.2, 0.25) is 15.1 Å². The van der Waals surface area contributed by atoms with Crippen molar-refractivity contribution in [2.45, 2.75) is 26.2 Å². The van der Waals surface area contributed by atoms with Gasteiger partial charge in [0.15, 0.2) is 5.69 Å². The van der Waals surface area contributed by atoms with E-state index in [1.54, 1.807) is 49.4 Å². The van der Waals surface area contributed by atoms with Gasteiger partial charge in [-0.1, -0.05) is 53.4 Å². The van der Waals surface area contributed by atoms with Gasteiger partial charge in [-0.15, -0.1) is 9.80 Å². The Morgan fingerprint density at radius 1 is 1.03 bits per heavy atom. The molecular weight excluding hydrogens is 538 g/mol. The first kappa shape index (κ1) is 26.1. The van der Waals surface area contributed by atoms with Crippen LogP contribution in [0, 0.1) is 6.92 Å². The first-order valence-electron chi connectivity index (χ1n) is 10.7. The summed E-state index contributed by atoms with van der Waals surface area (Å²) in [6.07, 6.45) is 2.44. The molecule has 13 heteroatoms. The molecule has 0 bridgehead atoms. The van der Waals surface area contributed by atoms with E-state index < -0.39 is 13.7 Å². The van der Waals surface area contributed by atoms with Crippen molar-refractivity contribution in [2.24, 2.45) is 0 Å². The van der Waals surface area contributed by atoms with Crippen LogP contribution in [0.4, 0.5) is 0 Å². The van der Waals surface area contributed by atoms with Gasteiger partial charge in [0, 0.05) is 34.3 Å². The molecule has 4 rings (SSSR count). The molecule has 0 aliphatic carbocycles. The van der Waals surface area contributed by atoms with E-state index in [4.69, 9.17) is 39.4 Å². The van der Waals surface area contributed by atoms with Gasteiger partial charge in [-0.3, -0.25) is 4.79 Å². The number of hydrogen-bond donors (Lipinski definition) is 2. The minimum absolute atomic E-state index is 0.0556. The maximum absolute atomic E-state index is 13.6. The number of aromatic nitrogens is 2. The quantitative estimate of drug-likeness (QED) is 0.296. The summed E-state index contributed by atoms with van der Waals surface area (Å²) in [6.45, 7) is 2.49. The average molecular weight is 560 g/mol. The van der Waals surface area contributed by atoms with Gasteiger partial charge in [0.2, 0.25) is 0 Å². The molecule has 2 heterocycles. The van der Waals surface area contributed by atoms with Crippen LogP contribution >= 0.6 is 42.6 Å². The van der Waals surface area contributed by atoms with E-state index in [0.29, 0.717) is 55.8 Å². The molecule has 3 aromatic rings. The second-order valence-electron chi connectivity index (χ2n) is 8.00. The lowest BCUT2D eigenvalue weighted by Crippen LogP contribution is -2.48. The molecule has 1 aromatic heterocycles. The molecule has 1 fully saturated rings. The maximum atomic E-state index is 13.6. The maximum Gasteiger partial charge on any atom is 0.492 e. The summed E-state index contributed by atoms with van der Waals surface area (Å²) in [7, 11) is -5.04. The number of rotatable bonds is 6. The Morgan fingerprint density at radius 3 is 2.26 bits per heavy atom. The predicted octanol–water partition coefficient (Wildman–Crippen LogP) is 5.68. The molecule has 1 aliphatic heterocycles. The van der Waals surface area contributed by atoms with Gasteiger partial charge in [0.1, 0.15) is 0 Å². The van der Waals surface area contributed by atoms with Crippen LogP contribution in [-0.4, -0.2) is 48.7 Å². The highest BCUT2D eigenvalue weighted by atomic mass is 35.5. The number of carbonyl (C=O) groups excluding carboxylic acids is 1. The van der Waals surface area contributed by atoms with E-state index >= 15 is 0 Å². The summed E-state index contributed by atoms with van der Waals surface area (Å²) in [6, 6.07) is 11.8. The van der Waals surface area contributed by atoms with Gasteiger partial charge in [-0.05, 0) is 50.1 Å². The number of phosphoric acid groups is 1. The van der Waals surface area contributed by atoms with E-state index in [2.05, 4.69) is 5.10 Å². The van der Waals surface area contributed by atoms with Crippen molar-refractivity contribution in [1.82, 2.24) is 20.0 Å². The van der Waals surface area contributed by atoms with Crippen LogP contribution < -0.4 is 0 Å². The fourth-order valence-corrected chi connectivity index (χ4v) is 4.93. The summed E-state index contributed by atoms with van der Waals surface area (Å²) in [5, 5.41) is 7.89. The van der Waals surface area contributed by atoms with E-state index in [1.807, 2.05) is 0 Å². The van der Waals surface area contributed by atoms with Crippen LogP contribution in [0.3, 0.4) is 0 Å². The fourth-order valence-electron chi connectivity index (χ4n) is 3.94. The number of benzene rings is 2. The molecule has 2 aromatic carbocycles. The third-order valence-electron chi connectivity index (χ3n) is 5.53. The molecule has 0 radical (unpaired) electrons. The van der Waals surface area contributed by atoms with Gasteiger partial charge < -0.3 is 9.79 Å². The molecule has 0 unspecified atom stereocenters. The Labute approximate surface area is 216 Å². The molecule has 0 spiro atoms. The second-order valence-corrected chi connectivity index (χ2v) is 10.4. The first-order valence-corrected chi connectivity index (χ1v) is 13.4. The average Bonchev–Trinajstić information content (AvgIpc) is 3.14. The number of halogens is 3. The van der Waals surface area contributed by atoms with Crippen LogP contribution in [-0.2, 0) is 9.19 Å². The zero-order valence-corrected chi connectivity index (χ0v) is 21.7. The third kappa shape index (κ3) is 5.90. The lowest BCUT2D eigenvalue weighted by atomic mass is 10.1. The topological polar surface area (TPSA) is 108 Å². The van der Waals surface area contributed by atoms with Gasteiger partial charge in [-0.25, -0.2) is 9.25 Å². The Hall–Kier alpha value is -1.94. The number of hydrogen-bond acceptors (Lipinski definition) is 5. The van der Waals surface area contributed by atoms with Gasteiger partial charge in [0.25, 0.3) is 0 Å². The number of piperidine rings is 1. The second kappa shape index (κ2) is 10.6. The molecule has 1 saturated heterocycles. The van der Waals surface area contributed by atoms with Gasteiger partial charge >= 0.3 is 13.7 Å². The van der Waals surface area contributed by atoms with E-state index in [9.17, 15) is 19.1 Å². The minimum Gasteiger partial charge on any atom is -0.301 e. The number of hydrazine groups is 1. The van der Waals surface area contributed by atoms with Crippen LogP contribution in [0.15, 0.2) is 42.5 Å². The third-order valence-corrected chi connectivity index (χ3v) is 6.68. The lowest BCUT2D eigenvalue weighted by molar-refractivity contribution is -0.195. The number of amides is 1. The molecule has 1 amide bonds. The van der Waals surface area contributed by atoms with Crippen molar-refractivity contribution in [3.05, 3.63) is 68.8 Å². The van der Waals surface area contributed by atoms with Crippen molar-refractivity contribution in [2.75, 3.05) is 13.1 Å². The van der Waals surface area contributed by atoms with Crippen molar-refractivity contribution in [3.8, 4) is 16.9 Å². The van der Waals surface area contributed by atoms with Gasteiger partial charge in [0.05, 0.1) is 16.4 Å². The highest BCUT2D eigenvalue weighted by Gasteiger charge is 2.35. The summed E-state index contributed by atoms with van der Waals surface area (Å²) in [4.78, 5) is 32.6. The monoisotopic (exact) mass is 558 g/mol. The Kier molecular flexibility index (Phi) is 7.90. The standard InChI is InChI=1S/C22H22Cl3N4O5P/c1-14-20(22(30)29(34-35(31,32)33)27-11-3-2-4-12-27)26-28(19-10-9-17(24)13-18(19)25)21(14)15-5-7-16(23)8-6-15/h5-10,13H,2-4,11-12H2,1H3,(H2,31,32,33). The molecule has 186 valence electrons. The first-order chi connectivity index (χ1) is 16.5. The molecule has 0 atom stereocenters. The zero-order chi connectivity index (χ0) is 25.3. The normalized spacial score (nSPS) is 14.8. The number of hydroxylamine groups is 1. The van der Waals surface area contributed by atoms with E-state index in [0.717, 1.165) is 19.3 Å². The summed E-state index contributed by atoms with van der Waals surface area (Å²) in [5.74, 6) is -0.813. The van der Waals surface area contributed by atoms with Gasteiger partial charge in [-0.2, -0.15) is 10.1 Å². The zero-order valence-electron chi connectivity index (χ0n) is 18.6. The minimum atomic E-state index is -5.04. The van der Waals surface area contributed by atoms with Crippen molar-refractivity contribution < 1.29 is 23.8 Å². The molecule has 9 nitrogen and oxygen atoms in total. The summed E-state index contributed by atoms with van der Waals surface area (Å²) >= 11 is 18.6. The SMILES string of the molecule is Cc1c(C(=O)N(OP(=O)(O)O)N2CCCCC2)nn(-c2ccc(Cl)cc2Cl)c1-c1ccc(Cl)cc1. The lowest BCUT2D eigenvalue weighted by Gasteiger charge is -2.34. The molecule has 35 heavy (non-hydrogen) atoms. The molecule has 1 aliphatic rings. The highest BCUT2D eigenvalue weighted by molar-refractivity contribution is 7.46. The summed E-state index contributed by atoms with van der Waals surface area (Å²) in [5.41, 5.74) is 2.11. The number of carbonyl (C=O) groups is 1.